The standard InChI is InChI=1S/C15H24ClN3O/c1-6-19-8-9(16)7-10(19)11(20)18-13-14(2,3)12(17)15(13,4)5/h7-8,12-13H,6,17H2,1-5H3,(H,18,20). The number of carbonyl (C=O) groups excluding carboxylic acids is 1. The summed E-state index contributed by atoms with van der Waals surface area (Å²) >= 11 is 5.99. The summed E-state index contributed by atoms with van der Waals surface area (Å²) in [7, 11) is 0. The minimum absolute atomic E-state index is 0.0523. The van der Waals surface area contributed by atoms with E-state index in [1.165, 1.54) is 0 Å². The Morgan fingerprint density at radius 2 is 1.95 bits per heavy atom. The zero-order valence-electron chi connectivity index (χ0n) is 12.8. The topological polar surface area (TPSA) is 60.0 Å². The van der Waals surface area contributed by atoms with Gasteiger partial charge >= 0.3 is 0 Å². The number of carbonyl (C=O) groups is 1. The van der Waals surface area contributed by atoms with Crippen LogP contribution >= 0.6 is 11.6 Å². The third-order valence-electron chi connectivity index (χ3n) is 4.80. The highest BCUT2D eigenvalue weighted by molar-refractivity contribution is 6.31. The van der Waals surface area contributed by atoms with Crippen LogP contribution in [0.3, 0.4) is 0 Å². The van der Waals surface area contributed by atoms with Crippen molar-refractivity contribution in [3.8, 4) is 0 Å². The second kappa shape index (κ2) is 4.78. The molecule has 0 aromatic carbocycles. The van der Waals surface area contributed by atoms with Crippen LogP contribution in [-0.2, 0) is 6.54 Å². The summed E-state index contributed by atoms with van der Waals surface area (Å²) in [5.41, 5.74) is 6.61. The molecule has 0 unspecified atom stereocenters. The lowest BCUT2D eigenvalue weighted by Crippen LogP contribution is -2.76. The smallest absolute Gasteiger partial charge is 0.268 e. The van der Waals surface area contributed by atoms with E-state index in [0.29, 0.717) is 17.3 Å². The predicted molar refractivity (Wildman–Crippen MR) is 81.9 cm³/mol. The van der Waals surface area contributed by atoms with Gasteiger partial charge < -0.3 is 15.6 Å². The van der Waals surface area contributed by atoms with Gasteiger partial charge in [0.2, 0.25) is 0 Å². The second-order valence-electron chi connectivity index (χ2n) is 6.86. The summed E-state index contributed by atoms with van der Waals surface area (Å²) in [5, 5.41) is 3.72. The van der Waals surface area contributed by atoms with Crippen LogP contribution in [0.5, 0.6) is 0 Å². The fraction of sp³-hybridized carbons (Fsp3) is 0.667. The Bertz CT molecular complexity index is 517. The molecular formula is C15H24ClN3O. The molecule has 0 spiro atoms. The van der Waals surface area contributed by atoms with E-state index in [1.807, 2.05) is 11.5 Å². The second-order valence-corrected chi connectivity index (χ2v) is 7.29. The fourth-order valence-electron chi connectivity index (χ4n) is 3.68. The van der Waals surface area contributed by atoms with Gasteiger partial charge in [-0.2, -0.15) is 0 Å². The number of nitrogens with zero attached hydrogens (tertiary/aromatic N) is 1. The van der Waals surface area contributed by atoms with Crippen LogP contribution in [-0.4, -0.2) is 22.6 Å². The van der Waals surface area contributed by atoms with Crippen molar-refractivity contribution < 1.29 is 4.79 Å². The molecule has 0 atom stereocenters. The van der Waals surface area contributed by atoms with E-state index < -0.39 is 0 Å². The van der Waals surface area contributed by atoms with E-state index >= 15 is 0 Å². The summed E-state index contributed by atoms with van der Waals surface area (Å²) in [5.74, 6) is -0.0863. The van der Waals surface area contributed by atoms with Crippen molar-refractivity contribution in [1.82, 2.24) is 9.88 Å². The van der Waals surface area contributed by atoms with Gasteiger partial charge in [-0.3, -0.25) is 4.79 Å². The number of aryl methyl sites for hydroxylation is 1. The molecule has 1 saturated carbocycles. The summed E-state index contributed by atoms with van der Waals surface area (Å²) < 4.78 is 1.86. The first kappa shape index (κ1) is 15.4. The highest BCUT2D eigenvalue weighted by Gasteiger charge is 2.60. The normalized spacial score (nSPS) is 26.9. The Balaban J connectivity index is 2.20. The Morgan fingerprint density at radius 3 is 2.45 bits per heavy atom. The first-order valence-corrected chi connectivity index (χ1v) is 7.42. The van der Waals surface area contributed by atoms with E-state index in [0.717, 1.165) is 0 Å². The molecule has 4 nitrogen and oxygen atoms in total. The molecule has 1 amide bonds. The third-order valence-corrected chi connectivity index (χ3v) is 5.01. The summed E-state index contributed by atoms with van der Waals surface area (Å²) in [6.45, 7) is 11.1. The van der Waals surface area contributed by atoms with Gasteiger partial charge in [-0.25, -0.2) is 0 Å². The van der Waals surface area contributed by atoms with Crippen LogP contribution in [0.1, 0.15) is 45.1 Å². The van der Waals surface area contributed by atoms with E-state index in [-0.39, 0.29) is 28.8 Å². The third kappa shape index (κ3) is 2.15. The minimum Gasteiger partial charge on any atom is -0.347 e. The largest absolute Gasteiger partial charge is 0.347 e. The lowest BCUT2D eigenvalue weighted by molar-refractivity contribution is -0.0664. The Labute approximate surface area is 125 Å². The molecule has 3 N–H and O–H groups in total. The number of amides is 1. The zero-order valence-corrected chi connectivity index (χ0v) is 13.6. The maximum atomic E-state index is 12.5. The Kier molecular flexibility index (Phi) is 3.68. The average Bonchev–Trinajstić information content (AvgIpc) is 2.75. The molecule has 1 fully saturated rings. The highest BCUT2D eigenvalue weighted by atomic mass is 35.5. The number of halogens is 1. The number of hydrogen-bond acceptors (Lipinski definition) is 2. The molecular weight excluding hydrogens is 274 g/mol. The van der Waals surface area contributed by atoms with Gasteiger partial charge in [0, 0.05) is 35.7 Å². The van der Waals surface area contributed by atoms with Gasteiger partial charge in [0.1, 0.15) is 5.69 Å². The fourth-order valence-corrected chi connectivity index (χ4v) is 3.91. The van der Waals surface area contributed by atoms with Crippen LogP contribution in [0.2, 0.25) is 5.02 Å². The minimum atomic E-state index is -0.105. The molecule has 0 saturated heterocycles. The summed E-state index contributed by atoms with van der Waals surface area (Å²) in [6.07, 6.45) is 1.78. The average molecular weight is 298 g/mol. The highest BCUT2D eigenvalue weighted by Crippen LogP contribution is 2.52. The summed E-state index contributed by atoms with van der Waals surface area (Å²) in [6, 6.07) is 1.83. The zero-order chi connectivity index (χ0) is 15.3. The van der Waals surface area contributed by atoms with Crippen molar-refractivity contribution in [2.45, 2.75) is 53.2 Å². The maximum Gasteiger partial charge on any atom is 0.268 e. The maximum absolute atomic E-state index is 12.5. The molecule has 112 valence electrons. The number of aromatic nitrogens is 1. The van der Waals surface area contributed by atoms with E-state index in [1.54, 1.807) is 12.3 Å². The van der Waals surface area contributed by atoms with Gasteiger partial charge in [-0.15, -0.1) is 0 Å². The first-order valence-electron chi connectivity index (χ1n) is 7.04. The van der Waals surface area contributed by atoms with E-state index in [9.17, 15) is 4.79 Å². The molecule has 20 heavy (non-hydrogen) atoms. The molecule has 1 aromatic heterocycles. The lowest BCUT2D eigenvalue weighted by Gasteiger charge is -2.62. The van der Waals surface area contributed by atoms with Gasteiger partial charge in [0.15, 0.2) is 0 Å². The SMILES string of the molecule is CCn1cc(Cl)cc1C(=O)NC1C(C)(C)C(N)C1(C)C. The number of rotatable bonds is 3. The van der Waals surface area contributed by atoms with Crippen molar-refractivity contribution in [2.24, 2.45) is 16.6 Å². The Morgan fingerprint density at radius 1 is 1.40 bits per heavy atom. The van der Waals surface area contributed by atoms with Crippen LogP contribution in [0, 0.1) is 10.8 Å². The van der Waals surface area contributed by atoms with Crippen molar-refractivity contribution in [3.05, 3.63) is 23.0 Å². The van der Waals surface area contributed by atoms with Gasteiger partial charge in [-0.05, 0) is 13.0 Å². The quantitative estimate of drug-likeness (QED) is 0.901. The summed E-state index contributed by atoms with van der Waals surface area (Å²) in [4.78, 5) is 12.5. The van der Waals surface area contributed by atoms with Gasteiger partial charge in [0.25, 0.3) is 5.91 Å². The van der Waals surface area contributed by atoms with Crippen LogP contribution in [0.25, 0.3) is 0 Å². The van der Waals surface area contributed by atoms with Crippen molar-refractivity contribution in [2.75, 3.05) is 0 Å². The van der Waals surface area contributed by atoms with Gasteiger partial charge in [0.05, 0.1) is 5.02 Å². The van der Waals surface area contributed by atoms with Crippen molar-refractivity contribution in [1.29, 1.82) is 0 Å². The molecule has 1 aliphatic carbocycles. The predicted octanol–water partition coefficient (Wildman–Crippen LogP) is 2.65. The number of nitrogens with one attached hydrogen (secondary N) is 1. The van der Waals surface area contributed by atoms with E-state index in [4.69, 9.17) is 17.3 Å². The van der Waals surface area contributed by atoms with Crippen LogP contribution < -0.4 is 11.1 Å². The molecule has 0 bridgehead atoms. The van der Waals surface area contributed by atoms with E-state index in [2.05, 4.69) is 33.0 Å². The van der Waals surface area contributed by atoms with Gasteiger partial charge in [-0.1, -0.05) is 39.3 Å². The molecule has 2 rings (SSSR count). The Hall–Kier alpha value is -1.00. The van der Waals surface area contributed by atoms with Crippen LogP contribution in [0.4, 0.5) is 0 Å². The molecule has 1 heterocycles. The molecule has 0 aliphatic heterocycles. The molecule has 0 radical (unpaired) electrons. The first-order chi connectivity index (χ1) is 9.12. The number of hydrogen-bond donors (Lipinski definition) is 2. The van der Waals surface area contributed by atoms with Crippen LogP contribution in [0.15, 0.2) is 12.3 Å². The molecule has 1 aromatic rings. The number of nitrogens with two attached hydrogens (primary N) is 1. The van der Waals surface area contributed by atoms with Crippen molar-refractivity contribution >= 4 is 17.5 Å². The monoisotopic (exact) mass is 297 g/mol. The van der Waals surface area contributed by atoms with Crippen molar-refractivity contribution in [3.63, 3.8) is 0 Å². The molecule has 5 heteroatoms. The molecule has 1 aliphatic rings. The lowest BCUT2D eigenvalue weighted by atomic mass is 9.48.